The van der Waals surface area contributed by atoms with Crippen LogP contribution in [-0.4, -0.2) is 26.1 Å². The van der Waals surface area contributed by atoms with Crippen molar-refractivity contribution >= 4 is 21.9 Å². The number of esters is 1. The van der Waals surface area contributed by atoms with Gasteiger partial charge in [0.05, 0.1) is 23.8 Å². The molecule has 17 heavy (non-hydrogen) atoms. The number of carbonyl (C=O) groups excluding carboxylic acids is 1. The average molecular weight is 309 g/mol. The van der Waals surface area contributed by atoms with Gasteiger partial charge in [0.25, 0.3) is 0 Å². The van der Waals surface area contributed by atoms with Gasteiger partial charge in [-0.05, 0) is 34.1 Å². The monoisotopic (exact) mass is 308 g/mol. The molecule has 0 unspecified atom stereocenters. The fraction of sp³-hybridized carbons (Fsp3) is 0.364. The summed E-state index contributed by atoms with van der Waals surface area (Å²) in [5, 5.41) is 0. The largest absolute Gasteiger partial charge is 0.492 e. The van der Waals surface area contributed by atoms with Crippen LogP contribution in [-0.2, 0) is 4.74 Å². The Hall–Kier alpha value is -1.17. The quantitative estimate of drug-likeness (QED) is 0.783. The Labute approximate surface area is 106 Å². The first kappa shape index (κ1) is 13.9. The third-order valence-electron chi connectivity index (χ3n) is 1.95. The standard InChI is InChI=1S/C11H11BrF2O3/c1-16-11(15)7-2-3-8(12)9(6-7)17-5-4-10(13)14/h2-3,6,10H,4-5H2,1H3. The van der Waals surface area contributed by atoms with Crippen LogP contribution >= 0.6 is 15.9 Å². The summed E-state index contributed by atoms with van der Waals surface area (Å²) in [6.07, 6.45) is -2.76. The lowest BCUT2D eigenvalue weighted by Gasteiger charge is -2.09. The molecule has 0 aromatic heterocycles. The second-order valence-electron chi connectivity index (χ2n) is 3.17. The third kappa shape index (κ3) is 4.30. The molecule has 0 bridgehead atoms. The van der Waals surface area contributed by atoms with Crippen LogP contribution in [0.1, 0.15) is 16.8 Å². The summed E-state index contributed by atoms with van der Waals surface area (Å²) >= 11 is 3.20. The van der Waals surface area contributed by atoms with Crippen LogP contribution in [0.15, 0.2) is 22.7 Å². The second kappa shape index (κ2) is 6.54. The summed E-state index contributed by atoms with van der Waals surface area (Å²) in [4.78, 5) is 11.2. The second-order valence-corrected chi connectivity index (χ2v) is 4.02. The van der Waals surface area contributed by atoms with Gasteiger partial charge in [0.1, 0.15) is 5.75 Å². The van der Waals surface area contributed by atoms with Crippen molar-refractivity contribution in [2.24, 2.45) is 0 Å². The first-order chi connectivity index (χ1) is 8.04. The van der Waals surface area contributed by atoms with E-state index in [1.165, 1.54) is 13.2 Å². The predicted octanol–water partition coefficient (Wildman–Crippen LogP) is 3.27. The molecule has 0 heterocycles. The smallest absolute Gasteiger partial charge is 0.337 e. The topological polar surface area (TPSA) is 35.5 Å². The van der Waals surface area contributed by atoms with Crippen LogP contribution in [0, 0.1) is 0 Å². The summed E-state index contributed by atoms with van der Waals surface area (Å²) in [5.74, 6) is -0.162. The van der Waals surface area contributed by atoms with Crippen molar-refractivity contribution in [2.45, 2.75) is 12.8 Å². The van der Waals surface area contributed by atoms with E-state index in [0.717, 1.165) is 0 Å². The molecule has 1 aromatic carbocycles. The number of ether oxygens (including phenoxy) is 2. The lowest BCUT2D eigenvalue weighted by atomic mass is 10.2. The molecule has 0 aliphatic heterocycles. The molecule has 0 N–H and O–H groups in total. The van der Waals surface area contributed by atoms with Crippen molar-refractivity contribution in [3.63, 3.8) is 0 Å². The zero-order valence-corrected chi connectivity index (χ0v) is 10.7. The molecule has 6 heteroatoms. The van der Waals surface area contributed by atoms with Crippen LogP contribution in [0.4, 0.5) is 8.78 Å². The maximum absolute atomic E-state index is 11.9. The van der Waals surface area contributed by atoms with Crippen molar-refractivity contribution in [3.8, 4) is 5.75 Å². The Kier molecular flexibility index (Phi) is 5.34. The Balaban J connectivity index is 2.73. The van der Waals surface area contributed by atoms with E-state index >= 15 is 0 Å². The van der Waals surface area contributed by atoms with E-state index in [9.17, 15) is 13.6 Å². The molecule has 0 fully saturated rings. The van der Waals surface area contributed by atoms with Gasteiger partial charge in [-0.25, -0.2) is 13.6 Å². The number of hydrogen-bond acceptors (Lipinski definition) is 3. The third-order valence-corrected chi connectivity index (χ3v) is 2.60. The van der Waals surface area contributed by atoms with Gasteiger partial charge in [0.2, 0.25) is 6.43 Å². The van der Waals surface area contributed by atoms with E-state index in [0.29, 0.717) is 15.8 Å². The Morgan fingerprint density at radius 1 is 1.47 bits per heavy atom. The molecule has 0 saturated carbocycles. The molecule has 0 radical (unpaired) electrons. The van der Waals surface area contributed by atoms with Crippen molar-refractivity contribution in [3.05, 3.63) is 28.2 Å². The summed E-state index contributed by atoms with van der Waals surface area (Å²) in [6.45, 7) is -0.110. The van der Waals surface area contributed by atoms with E-state index in [1.807, 2.05) is 0 Å². The number of alkyl halides is 2. The van der Waals surface area contributed by atoms with E-state index in [-0.39, 0.29) is 13.0 Å². The van der Waals surface area contributed by atoms with Gasteiger partial charge < -0.3 is 9.47 Å². The van der Waals surface area contributed by atoms with Gasteiger partial charge >= 0.3 is 5.97 Å². The van der Waals surface area contributed by atoms with Crippen LogP contribution in [0.2, 0.25) is 0 Å². The van der Waals surface area contributed by atoms with Crippen LogP contribution in [0.25, 0.3) is 0 Å². The lowest BCUT2D eigenvalue weighted by molar-refractivity contribution is 0.0599. The maximum Gasteiger partial charge on any atom is 0.337 e. The number of carbonyl (C=O) groups is 1. The van der Waals surface area contributed by atoms with Crippen molar-refractivity contribution in [1.82, 2.24) is 0 Å². The molecule has 0 saturated heterocycles. The summed E-state index contributed by atoms with van der Waals surface area (Å²) in [7, 11) is 1.27. The minimum Gasteiger partial charge on any atom is -0.492 e. The molecule has 0 atom stereocenters. The molecule has 1 aromatic rings. The molecular weight excluding hydrogens is 298 g/mol. The fourth-order valence-electron chi connectivity index (χ4n) is 1.12. The van der Waals surface area contributed by atoms with E-state index in [1.54, 1.807) is 12.1 Å². The molecule has 94 valence electrons. The maximum atomic E-state index is 11.9. The number of halogens is 3. The van der Waals surface area contributed by atoms with E-state index in [2.05, 4.69) is 20.7 Å². The van der Waals surface area contributed by atoms with Crippen LogP contribution in [0.5, 0.6) is 5.75 Å². The molecular formula is C11H11BrF2O3. The van der Waals surface area contributed by atoms with Crippen molar-refractivity contribution < 1.29 is 23.0 Å². The van der Waals surface area contributed by atoms with Gasteiger partial charge in [-0.2, -0.15) is 0 Å². The zero-order valence-electron chi connectivity index (χ0n) is 9.08. The molecule has 3 nitrogen and oxygen atoms in total. The highest BCUT2D eigenvalue weighted by Gasteiger charge is 2.10. The Bertz CT molecular complexity index is 396. The predicted molar refractivity (Wildman–Crippen MR) is 61.6 cm³/mol. The molecule has 0 aliphatic rings. The van der Waals surface area contributed by atoms with Crippen LogP contribution < -0.4 is 4.74 Å². The minimum atomic E-state index is -2.41. The van der Waals surface area contributed by atoms with Crippen LogP contribution in [0.3, 0.4) is 0 Å². The average Bonchev–Trinajstić information content (AvgIpc) is 2.30. The van der Waals surface area contributed by atoms with Gasteiger partial charge in [-0.1, -0.05) is 0 Å². The molecule has 0 spiro atoms. The Morgan fingerprint density at radius 2 is 2.18 bits per heavy atom. The van der Waals surface area contributed by atoms with Gasteiger partial charge in [-0.3, -0.25) is 0 Å². The summed E-state index contributed by atoms with van der Waals surface area (Å²) < 4.78 is 34.2. The number of benzene rings is 1. The number of hydrogen-bond donors (Lipinski definition) is 0. The number of methoxy groups -OCH3 is 1. The number of rotatable bonds is 5. The van der Waals surface area contributed by atoms with Gasteiger partial charge in [-0.15, -0.1) is 0 Å². The highest BCUT2D eigenvalue weighted by molar-refractivity contribution is 9.10. The summed E-state index contributed by atoms with van der Waals surface area (Å²) in [5.41, 5.74) is 0.308. The lowest BCUT2D eigenvalue weighted by Crippen LogP contribution is -2.05. The normalized spacial score (nSPS) is 10.4. The highest BCUT2D eigenvalue weighted by Crippen LogP contribution is 2.26. The zero-order chi connectivity index (χ0) is 12.8. The van der Waals surface area contributed by atoms with Gasteiger partial charge in [0, 0.05) is 6.42 Å². The molecule has 1 rings (SSSR count). The summed E-state index contributed by atoms with van der Waals surface area (Å²) in [6, 6.07) is 4.60. The first-order valence-corrected chi connectivity index (χ1v) is 5.62. The molecule has 0 aliphatic carbocycles. The van der Waals surface area contributed by atoms with Crippen molar-refractivity contribution in [1.29, 1.82) is 0 Å². The molecule has 0 amide bonds. The first-order valence-electron chi connectivity index (χ1n) is 4.83. The minimum absolute atomic E-state index is 0.110. The van der Waals surface area contributed by atoms with Crippen molar-refractivity contribution in [2.75, 3.05) is 13.7 Å². The Morgan fingerprint density at radius 3 is 2.76 bits per heavy atom. The van der Waals surface area contributed by atoms with Gasteiger partial charge in [0.15, 0.2) is 0 Å². The SMILES string of the molecule is COC(=O)c1ccc(Br)c(OCCC(F)F)c1. The van der Waals surface area contributed by atoms with E-state index in [4.69, 9.17) is 4.74 Å². The van der Waals surface area contributed by atoms with E-state index < -0.39 is 12.4 Å². The fourth-order valence-corrected chi connectivity index (χ4v) is 1.48. The highest BCUT2D eigenvalue weighted by atomic mass is 79.9.